The first-order valence-corrected chi connectivity index (χ1v) is 8.97. The van der Waals surface area contributed by atoms with Crippen LogP contribution in [0.4, 0.5) is 5.69 Å². The summed E-state index contributed by atoms with van der Waals surface area (Å²) < 4.78 is 0. The molecule has 0 aliphatic carbocycles. The zero-order valence-corrected chi connectivity index (χ0v) is 15.7. The Labute approximate surface area is 157 Å². The van der Waals surface area contributed by atoms with Crippen LogP contribution < -0.4 is 5.73 Å². The number of nitrogen functional groups attached to an aromatic ring is 1. The van der Waals surface area contributed by atoms with E-state index in [0.717, 1.165) is 17.5 Å². The summed E-state index contributed by atoms with van der Waals surface area (Å²) in [7, 11) is 0. The van der Waals surface area contributed by atoms with Gasteiger partial charge in [-0.3, -0.25) is 9.59 Å². The summed E-state index contributed by atoms with van der Waals surface area (Å²) in [6.07, 6.45) is 0.781. The summed E-state index contributed by atoms with van der Waals surface area (Å²) in [5.41, 5.74) is 8.70. The molecule has 0 atom stereocenters. The average molecular weight is 380 g/mol. The topological polar surface area (TPSA) is 66.6 Å². The predicted octanol–water partition coefficient (Wildman–Crippen LogP) is 3.05. The van der Waals surface area contributed by atoms with Crippen molar-refractivity contribution in [2.45, 2.75) is 13.3 Å². The summed E-state index contributed by atoms with van der Waals surface area (Å²) in [6, 6.07) is 7.25. The van der Waals surface area contributed by atoms with E-state index in [1.54, 1.807) is 12.1 Å². The van der Waals surface area contributed by atoms with Crippen LogP contribution in [0.1, 0.15) is 32.7 Å². The second kappa shape index (κ2) is 8.36. The van der Waals surface area contributed by atoms with Crippen LogP contribution in [0.15, 0.2) is 35.0 Å². The fourth-order valence-electron chi connectivity index (χ4n) is 2.93. The molecule has 0 saturated carbocycles. The van der Waals surface area contributed by atoms with Crippen molar-refractivity contribution in [2.24, 2.45) is 0 Å². The van der Waals surface area contributed by atoms with Gasteiger partial charge in [0.1, 0.15) is 0 Å². The van der Waals surface area contributed by atoms with Crippen LogP contribution in [0.3, 0.4) is 0 Å². The minimum absolute atomic E-state index is 0. The monoisotopic (exact) mass is 379 g/mol. The second-order valence-electron chi connectivity index (χ2n) is 6.02. The number of aryl methyl sites for hydroxylation is 1. The lowest BCUT2D eigenvalue weighted by atomic mass is 10.1. The molecule has 1 saturated heterocycles. The largest absolute Gasteiger partial charge is 0.399 e. The van der Waals surface area contributed by atoms with Crippen LogP contribution in [0, 0.1) is 6.92 Å². The van der Waals surface area contributed by atoms with Gasteiger partial charge in [-0.25, -0.2) is 0 Å². The van der Waals surface area contributed by atoms with E-state index in [4.69, 9.17) is 5.73 Å². The van der Waals surface area contributed by atoms with E-state index in [1.807, 2.05) is 39.6 Å². The zero-order valence-electron chi connectivity index (χ0n) is 14.1. The molecular weight excluding hydrogens is 358 g/mol. The third kappa shape index (κ3) is 4.32. The highest BCUT2D eigenvalue weighted by Crippen LogP contribution is 2.17. The van der Waals surface area contributed by atoms with Crippen molar-refractivity contribution >= 4 is 41.2 Å². The Kier molecular flexibility index (Phi) is 6.45. The standard InChI is InChI=1S/C18H21N3O2S.ClH/c1-13-3-4-15(19)11-16(13)18(23)21-7-2-6-20(8-9-21)17(22)14-5-10-24-12-14;/h3-5,10-12H,2,6-9,19H2,1H3;1H. The molecular formula is C18H22ClN3O2S. The number of hydrogen-bond donors (Lipinski definition) is 1. The van der Waals surface area contributed by atoms with E-state index in [2.05, 4.69) is 0 Å². The van der Waals surface area contributed by atoms with Crippen molar-refractivity contribution < 1.29 is 9.59 Å². The molecule has 1 fully saturated rings. The summed E-state index contributed by atoms with van der Waals surface area (Å²) >= 11 is 1.52. The molecule has 3 rings (SSSR count). The van der Waals surface area contributed by atoms with Gasteiger partial charge in [-0.1, -0.05) is 6.07 Å². The molecule has 7 heteroatoms. The highest BCUT2D eigenvalue weighted by Gasteiger charge is 2.24. The number of amides is 2. The molecule has 0 spiro atoms. The van der Waals surface area contributed by atoms with Crippen LogP contribution in [0.2, 0.25) is 0 Å². The van der Waals surface area contributed by atoms with E-state index in [9.17, 15) is 9.59 Å². The summed E-state index contributed by atoms with van der Waals surface area (Å²) in [5.74, 6) is 0.0373. The highest BCUT2D eigenvalue weighted by molar-refractivity contribution is 7.08. The Morgan fingerprint density at radius 3 is 2.36 bits per heavy atom. The quantitative estimate of drug-likeness (QED) is 0.815. The maximum Gasteiger partial charge on any atom is 0.254 e. The summed E-state index contributed by atoms with van der Waals surface area (Å²) in [4.78, 5) is 28.9. The van der Waals surface area contributed by atoms with Gasteiger partial charge in [-0.2, -0.15) is 11.3 Å². The molecule has 2 amide bonds. The summed E-state index contributed by atoms with van der Waals surface area (Å²) in [6.45, 7) is 4.34. The molecule has 1 aliphatic rings. The third-order valence-electron chi connectivity index (χ3n) is 4.33. The summed E-state index contributed by atoms with van der Waals surface area (Å²) in [5, 5.41) is 3.77. The van der Waals surface area contributed by atoms with Crippen LogP contribution in [-0.2, 0) is 0 Å². The molecule has 2 heterocycles. The van der Waals surface area contributed by atoms with Crippen LogP contribution in [0.25, 0.3) is 0 Å². The Bertz CT molecular complexity index is 749. The smallest absolute Gasteiger partial charge is 0.254 e. The fraction of sp³-hybridized carbons (Fsp3) is 0.333. The highest BCUT2D eigenvalue weighted by atomic mass is 35.5. The van der Waals surface area contributed by atoms with Crippen molar-refractivity contribution in [3.8, 4) is 0 Å². The van der Waals surface area contributed by atoms with E-state index in [-0.39, 0.29) is 24.2 Å². The average Bonchev–Trinajstić information content (AvgIpc) is 3.00. The number of thiophene rings is 1. The minimum Gasteiger partial charge on any atom is -0.399 e. The van der Waals surface area contributed by atoms with Crippen molar-refractivity contribution in [1.82, 2.24) is 9.80 Å². The normalized spacial score (nSPS) is 14.6. The van der Waals surface area contributed by atoms with E-state index in [1.165, 1.54) is 11.3 Å². The fourth-order valence-corrected chi connectivity index (χ4v) is 3.56. The number of nitrogens with two attached hydrogens (primary N) is 1. The van der Waals surface area contributed by atoms with Crippen LogP contribution >= 0.6 is 23.7 Å². The molecule has 0 radical (unpaired) electrons. The van der Waals surface area contributed by atoms with Gasteiger partial charge >= 0.3 is 0 Å². The molecule has 0 unspecified atom stereocenters. The van der Waals surface area contributed by atoms with Gasteiger partial charge < -0.3 is 15.5 Å². The first kappa shape index (κ1) is 19.3. The van der Waals surface area contributed by atoms with Gasteiger partial charge in [0.15, 0.2) is 0 Å². The van der Waals surface area contributed by atoms with Gasteiger partial charge in [0.05, 0.1) is 5.56 Å². The van der Waals surface area contributed by atoms with Gasteiger partial charge in [-0.05, 0) is 42.5 Å². The molecule has 134 valence electrons. The van der Waals surface area contributed by atoms with E-state index < -0.39 is 0 Å². The molecule has 2 N–H and O–H groups in total. The lowest BCUT2D eigenvalue weighted by Crippen LogP contribution is -2.37. The Balaban J connectivity index is 0.00000225. The first-order valence-electron chi connectivity index (χ1n) is 8.03. The van der Waals surface area contributed by atoms with Crippen LogP contribution in [-0.4, -0.2) is 47.8 Å². The molecule has 1 aliphatic heterocycles. The molecule has 1 aromatic carbocycles. The number of nitrogens with zero attached hydrogens (tertiary/aromatic N) is 2. The third-order valence-corrected chi connectivity index (χ3v) is 5.01. The minimum atomic E-state index is -0.00960. The SMILES string of the molecule is Cc1ccc(N)cc1C(=O)N1CCCN(C(=O)c2ccsc2)CC1.Cl. The maximum atomic E-state index is 12.8. The molecule has 25 heavy (non-hydrogen) atoms. The molecule has 0 bridgehead atoms. The zero-order chi connectivity index (χ0) is 17.1. The Hall–Kier alpha value is -2.05. The molecule has 1 aromatic heterocycles. The number of hydrogen-bond acceptors (Lipinski definition) is 4. The second-order valence-corrected chi connectivity index (χ2v) is 6.80. The number of halogens is 1. The first-order chi connectivity index (χ1) is 11.6. The van der Waals surface area contributed by atoms with Crippen molar-refractivity contribution in [2.75, 3.05) is 31.9 Å². The van der Waals surface area contributed by atoms with E-state index >= 15 is 0 Å². The van der Waals surface area contributed by atoms with Crippen molar-refractivity contribution in [1.29, 1.82) is 0 Å². The number of rotatable bonds is 2. The molecule has 2 aromatic rings. The van der Waals surface area contributed by atoms with Gasteiger partial charge in [0.2, 0.25) is 0 Å². The number of carbonyl (C=O) groups excluding carboxylic acids is 2. The lowest BCUT2D eigenvalue weighted by molar-refractivity contribution is 0.0718. The Morgan fingerprint density at radius 2 is 1.72 bits per heavy atom. The number of anilines is 1. The van der Waals surface area contributed by atoms with Gasteiger partial charge in [0, 0.05) is 42.8 Å². The van der Waals surface area contributed by atoms with Gasteiger partial charge in [0.25, 0.3) is 11.8 Å². The van der Waals surface area contributed by atoms with Crippen molar-refractivity contribution in [3.05, 3.63) is 51.7 Å². The molecule has 5 nitrogen and oxygen atoms in total. The number of benzene rings is 1. The van der Waals surface area contributed by atoms with Crippen LogP contribution in [0.5, 0.6) is 0 Å². The predicted molar refractivity (Wildman–Crippen MR) is 104 cm³/mol. The lowest BCUT2D eigenvalue weighted by Gasteiger charge is -2.22. The number of carbonyl (C=O) groups is 2. The maximum absolute atomic E-state index is 12.8. The van der Waals surface area contributed by atoms with Gasteiger partial charge in [-0.15, -0.1) is 12.4 Å². The van der Waals surface area contributed by atoms with E-state index in [0.29, 0.717) is 37.4 Å². The van der Waals surface area contributed by atoms with Crippen molar-refractivity contribution in [3.63, 3.8) is 0 Å². The Morgan fingerprint density at radius 1 is 1.04 bits per heavy atom.